The van der Waals surface area contributed by atoms with Gasteiger partial charge in [-0.1, -0.05) is 18.6 Å². The second-order valence-electron chi connectivity index (χ2n) is 10.9. The Bertz CT molecular complexity index is 925. The Morgan fingerprint density at radius 3 is 2.65 bits per heavy atom. The molecular formula is C24H31FO6. The van der Waals surface area contributed by atoms with Crippen LogP contribution in [-0.2, 0) is 19.1 Å². The number of halogens is 1. The van der Waals surface area contributed by atoms with Gasteiger partial charge in [0.1, 0.15) is 6.61 Å². The third-order valence-corrected chi connectivity index (χ3v) is 9.19. The highest BCUT2D eigenvalue weighted by Crippen LogP contribution is 2.72. The van der Waals surface area contributed by atoms with Crippen LogP contribution in [0.5, 0.6) is 0 Å². The number of Topliss-reactive ketones (excluding diaryl/α,β-unsaturated/α-hetero) is 1. The minimum Gasteiger partial charge on any atom is -0.390 e. The van der Waals surface area contributed by atoms with E-state index in [9.17, 15) is 19.8 Å². The number of fused-ring (bicyclic) bond motifs is 7. The van der Waals surface area contributed by atoms with E-state index in [1.165, 1.54) is 12.2 Å². The van der Waals surface area contributed by atoms with Crippen molar-refractivity contribution < 1.29 is 33.7 Å². The molecule has 6 nitrogen and oxygen atoms in total. The van der Waals surface area contributed by atoms with Gasteiger partial charge in [0, 0.05) is 16.7 Å². The van der Waals surface area contributed by atoms with Crippen LogP contribution in [0.3, 0.4) is 0 Å². The third kappa shape index (κ3) is 2.31. The van der Waals surface area contributed by atoms with E-state index in [1.807, 2.05) is 6.92 Å². The molecule has 1 heterocycles. The Morgan fingerprint density at radius 1 is 1.26 bits per heavy atom. The summed E-state index contributed by atoms with van der Waals surface area (Å²) < 4.78 is 29.5. The topological polar surface area (TPSA) is 93.1 Å². The zero-order valence-corrected chi connectivity index (χ0v) is 18.5. The fourth-order valence-corrected chi connectivity index (χ4v) is 7.93. The van der Waals surface area contributed by atoms with E-state index in [0.29, 0.717) is 19.3 Å². The van der Waals surface area contributed by atoms with Crippen LogP contribution in [0.1, 0.15) is 53.4 Å². The summed E-state index contributed by atoms with van der Waals surface area (Å²) in [7, 11) is 0. The Labute approximate surface area is 181 Å². The van der Waals surface area contributed by atoms with Crippen molar-refractivity contribution in [3.8, 4) is 0 Å². The summed E-state index contributed by atoms with van der Waals surface area (Å²) in [5, 5.41) is 21.2. The summed E-state index contributed by atoms with van der Waals surface area (Å²) in [6, 6.07) is 0. The molecule has 4 unspecified atom stereocenters. The average molecular weight is 435 g/mol. The molecule has 0 spiro atoms. The molecule has 1 saturated heterocycles. The van der Waals surface area contributed by atoms with Gasteiger partial charge in [-0.2, -0.15) is 0 Å². The number of carbonyl (C=O) groups excluding carboxylic acids is 2. The van der Waals surface area contributed by atoms with Crippen molar-refractivity contribution in [3.63, 3.8) is 0 Å². The molecule has 0 radical (unpaired) electrons. The van der Waals surface area contributed by atoms with Crippen LogP contribution >= 0.6 is 0 Å². The van der Waals surface area contributed by atoms with Gasteiger partial charge in [-0.15, -0.1) is 0 Å². The highest BCUT2D eigenvalue weighted by Gasteiger charge is 2.79. The number of hydrogen-bond acceptors (Lipinski definition) is 6. The molecule has 170 valence electrons. The summed E-state index contributed by atoms with van der Waals surface area (Å²) >= 11 is 0. The van der Waals surface area contributed by atoms with Crippen LogP contribution in [0.15, 0.2) is 23.8 Å². The molecule has 0 aromatic carbocycles. The van der Waals surface area contributed by atoms with Gasteiger partial charge in [0.2, 0.25) is 0 Å². The number of ether oxygens (including phenoxy) is 2. The van der Waals surface area contributed by atoms with E-state index in [4.69, 9.17) is 9.47 Å². The van der Waals surface area contributed by atoms with Crippen molar-refractivity contribution in [2.45, 2.75) is 82.6 Å². The number of ketones is 2. The lowest BCUT2D eigenvalue weighted by atomic mass is 9.44. The Hall–Kier alpha value is -1.41. The molecule has 0 amide bonds. The normalized spacial score (nSPS) is 52.1. The molecule has 0 aromatic heterocycles. The molecule has 4 aliphatic carbocycles. The number of allylic oxidation sites excluding steroid dienone is 4. The molecule has 0 bridgehead atoms. The smallest absolute Gasteiger partial charge is 0.193 e. The maximum Gasteiger partial charge on any atom is 0.193 e. The molecule has 7 heteroatoms. The summed E-state index contributed by atoms with van der Waals surface area (Å²) in [4.78, 5) is 25.1. The van der Waals surface area contributed by atoms with Crippen molar-refractivity contribution in [2.24, 2.45) is 22.7 Å². The van der Waals surface area contributed by atoms with Gasteiger partial charge in [0.15, 0.2) is 28.6 Å². The van der Waals surface area contributed by atoms with Gasteiger partial charge < -0.3 is 19.7 Å². The summed E-state index contributed by atoms with van der Waals surface area (Å²) in [5.41, 5.74) is -4.66. The molecule has 31 heavy (non-hydrogen) atoms. The van der Waals surface area contributed by atoms with Crippen LogP contribution in [-0.4, -0.2) is 57.7 Å². The van der Waals surface area contributed by atoms with Crippen molar-refractivity contribution in [2.75, 3.05) is 6.61 Å². The van der Waals surface area contributed by atoms with Gasteiger partial charge in [0.25, 0.3) is 0 Å². The first-order chi connectivity index (χ1) is 14.4. The van der Waals surface area contributed by atoms with E-state index < -0.39 is 58.4 Å². The summed E-state index contributed by atoms with van der Waals surface area (Å²) in [5.74, 6) is -2.46. The van der Waals surface area contributed by atoms with E-state index in [0.717, 1.165) is 5.57 Å². The maximum atomic E-state index is 17.1. The fraction of sp³-hybridized carbons (Fsp3) is 0.750. The van der Waals surface area contributed by atoms with Gasteiger partial charge in [-0.05, 0) is 64.5 Å². The molecule has 5 aliphatic rings. The van der Waals surface area contributed by atoms with E-state index in [-0.39, 0.29) is 18.1 Å². The summed E-state index contributed by atoms with van der Waals surface area (Å²) in [6.45, 7) is 6.41. The predicted octanol–water partition coefficient (Wildman–Crippen LogP) is 2.42. The predicted molar refractivity (Wildman–Crippen MR) is 109 cm³/mol. The molecular weight excluding hydrogens is 403 g/mol. The first-order valence-electron chi connectivity index (χ1n) is 11.2. The van der Waals surface area contributed by atoms with Crippen molar-refractivity contribution >= 4 is 11.6 Å². The van der Waals surface area contributed by atoms with Crippen LogP contribution in [0, 0.1) is 22.7 Å². The molecule has 0 aromatic rings. The molecule has 1 aliphatic heterocycles. The average Bonchev–Trinajstić information content (AvgIpc) is 3.09. The summed E-state index contributed by atoms with van der Waals surface area (Å²) in [6.07, 6.45) is 4.00. The lowest BCUT2D eigenvalue weighted by molar-refractivity contribution is -0.246. The molecule has 3 saturated carbocycles. The van der Waals surface area contributed by atoms with Gasteiger partial charge in [-0.3, -0.25) is 9.59 Å². The quantitative estimate of drug-likeness (QED) is 0.694. The van der Waals surface area contributed by atoms with Crippen molar-refractivity contribution in [1.29, 1.82) is 0 Å². The third-order valence-electron chi connectivity index (χ3n) is 9.19. The van der Waals surface area contributed by atoms with Crippen LogP contribution in [0.25, 0.3) is 0 Å². The maximum absolute atomic E-state index is 17.1. The molecule has 8 atom stereocenters. The molecule has 4 fully saturated rings. The van der Waals surface area contributed by atoms with Gasteiger partial charge in [-0.25, -0.2) is 4.39 Å². The highest BCUT2D eigenvalue weighted by atomic mass is 19.1. The second-order valence-corrected chi connectivity index (χ2v) is 10.9. The SMILES string of the molecule is CC1(C)OC2CC3C4CCC5=CC(=O)C=C[C@]5(C)[C@@]4(F)[C@@H](O)C[C@]3(C)C2(C(=O)CO)O1. The van der Waals surface area contributed by atoms with Crippen LogP contribution in [0.4, 0.5) is 4.39 Å². The van der Waals surface area contributed by atoms with Crippen LogP contribution in [0.2, 0.25) is 0 Å². The number of aliphatic hydroxyl groups excluding tert-OH is 2. The largest absolute Gasteiger partial charge is 0.390 e. The molecule has 5 rings (SSSR count). The minimum absolute atomic E-state index is 0.0109. The van der Waals surface area contributed by atoms with Gasteiger partial charge >= 0.3 is 0 Å². The fourth-order valence-electron chi connectivity index (χ4n) is 7.93. The number of hydrogen-bond donors (Lipinski definition) is 2. The van der Waals surface area contributed by atoms with Crippen molar-refractivity contribution in [1.82, 2.24) is 0 Å². The number of rotatable bonds is 2. The van der Waals surface area contributed by atoms with E-state index in [2.05, 4.69) is 0 Å². The monoisotopic (exact) mass is 434 g/mol. The number of aliphatic hydroxyl groups is 2. The number of alkyl halides is 1. The minimum atomic E-state index is -1.98. The Morgan fingerprint density at radius 2 is 1.97 bits per heavy atom. The van der Waals surface area contributed by atoms with Crippen LogP contribution < -0.4 is 0 Å². The van der Waals surface area contributed by atoms with E-state index in [1.54, 1.807) is 26.8 Å². The Kier molecular flexibility index (Phi) is 4.24. The van der Waals surface area contributed by atoms with Crippen molar-refractivity contribution in [3.05, 3.63) is 23.8 Å². The first-order valence-corrected chi connectivity index (χ1v) is 11.2. The Balaban J connectivity index is 1.64. The lowest BCUT2D eigenvalue weighted by Crippen LogP contribution is -2.70. The first kappa shape index (κ1) is 21.4. The molecule has 2 N–H and O–H groups in total. The second kappa shape index (κ2) is 6.13. The zero-order chi connectivity index (χ0) is 22.6. The number of carbonyl (C=O) groups is 2. The zero-order valence-electron chi connectivity index (χ0n) is 18.5. The standard InChI is InChI=1S/C24H31FO6/c1-20(2)30-19-10-16-15-6-5-13-9-14(27)7-8-21(13,3)23(15,25)17(28)11-22(16,4)24(19,31-20)18(29)12-26/h7-9,15-17,19,26,28H,5-6,10-12H2,1-4H3/t15?,16?,17-,19?,21-,22-,23-,24?/m0/s1. The van der Waals surface area contributed by atoms with E-state index >= 15 is 4.39 Å². The van der Waals surface area contributed by atoms with Gasteiger partial charge in [0.05, 0.1) is 12.2 Å². The highest BCUT2D eigenvalue weighted by molar-refractivity contribution is 6.01. The lowest BCUT2D eigenvalue weighted by Gasteiger charge is -2.62.